The van der Waals surface area contributed by atoms with Crippen molar-refractivity contribution in [3.05, 3.63) is 65.7 Å². The Morgan fingerprint density at radius 1 is 0.789 bits per heavy atom. The molecule has 19 heavy (non-hydrogen) atoms. The van der Waals surface area contributed by atoms with Crippen LogP contribution >= 0.6 is 15.9 Å². The molecule has 0 saturated heterocycles. The van der Waals surface area contributed by atoms with Crippen molar-refractivity contribution < 1.29 is 4.74 Å². The van der Waals surface area contributed by atoms with Gasteiger partial charge >= 0.3 is 0 Å². The number of ether oxygens (including phenoxy) is 1. The van der Waals surface area contributed by atoms with Crippen molar-refractivity contribution in [1.29, 1.82) is 0 Å². The van der Waals surface area contributed by atoms with Gasteiger partial charge in [-0.1, -0.05) is 58.4 Å². The Hall–Kier alpha value is -1.28. The number of alkyl halides is 1. The van der Waals surface area contributed by atoms with Crippen LogP contribution in [0, 0.1) is 0 Å². The molecule has 0 fully saturated rings. The molecule has 0 aromatic heterocycles. The molecular weight excluding hydrogens is 300 g/mol. The van der Waals surface area contributed by atoms with Gasteiger partial charge in [0.15, 0.2) is 0 Å². The average molecular weight is 319 g/mol. The molecule has 0 unspecified atom stereocenters. The Kier molecular flexibility index (Phi) is 5.96. The van der Waals surface area contributed by atoms with Crippen molar-refractivity contribution >= 4 is 15.9 Å². The standard InChI is InChI=1S/C17H19BrO/c18-12-4-5-13-19-17-10-8-16(9-11-17)14-15-6-2-1-3-7-15/h1-3,6-11H,4-5,12-14H2. The number of unbranched alkanes of at least 4 members (excludes halogenated alkanes) is 1. The minimum absolute atomic E-state index is 0.795. The molecule has 0 spiro atoms. The van der Waals surface area contributed by atoms with Crippen LogP contribution in [0.25, 0.3) is 0 Å². The SMILES string of the molecule is BrCCCCOc1ccc(Cc2ccccc2)cc1. The van der Waals surface area contributed by atoms with Gasteiger partial charge in [-0.05, 0) is 42.5 Å². The fourth-order valence-corrected chi connectivity index (χ4v) is 2.32. The van der Waals surface area contributed by atoms with E-state index in [-0.39, 0.29) is 0 Å². The van der Waals surface area contributed by atoms with Crippen LogP contribution in [0.3, 0.4) is 0 Å². The summed E-state index contributed by atoms with van der Waals surface area (Å²) in [5.74, 6) is 0.964. The monoisotopic (exact) mass is 318 g/mol. The van der Waals surface area contributed by atoms with E-state index in [4.69, 9.17) is 4.74 Å². The van der Waals surface area contributed by atoms with E-state index in [1.807, 2.05) is 6.07 Å². The molecule has 0 amide bonds. The van der Waals surface area contributed by atoms with Gasteiger partial charge in [-0.3, -0.25) is 0 Å². The van der Waals surface area contributed by atoms with Gasteiger partial charge in [0.25, 0.3) is 0 Å². The van der Waals surface area contributed by atoms with E-state index in [1.54, 1.807) is 0 Å². The van der Waals surface area contributed by atoms with Gasteiger partial charge < -0.3 is 4.74 Å². The molecule has 100 valence electrons. The van der Waals surface area contributed by atoms with E-state index in [1.165, 1.54) is 11.1 Å². The molecule has 0 atom stereocenters. The molecule has 2 rings (SSSR count). The van der Waals surface area contributed by atoms with E-state index in [0.717, 1.165) is 36.9 Å². The predicted octanol–water partition coefficient (Wildman–Crippen LogP) is 4.83. The van der Waals surface area contributed by atoms with E-state index in [0.29, 0.717) is 0 Å². The lowest BCUT2D eigenvalue weighted by Crippen LogP contribution is -1.97. The molecular formula is C17H19BrO. The minimum atomic E-state index is 0.795. The summed E-state index contributed by atoms with van der Waals surface area (Å²) in [5, 5.41) is 1.05. The molecule has 0 heterocycles. The second kappa shape index (κ2) is 8.00. The molecule has 0 N–H and O–H groups in total. The van der Waals surface area contributed by atoms with E-state index >= 15 is 0 Å². The molecule has 1 nitrogen and oxygen atoms in total. The summed E-state index contributed by atoms with van der Waals surface area (Å²) in [4.78, 5) is 0. The molecule has 0 bridgehead atoms. The molecule has 0 saturated carbocycles. The molecule has 0 radical (unpaired) electrons. The molecule has 0 aliphatic carbocycles. The van der Waals surface area contributed by atoms with Gasteiger partial charge in [0.1, 0.15) is 5.75 Å². The van der Waals surface area contributed by atoms with Crippen LogP contribution in [0.5, 0.6) is 5.75 Å². The number of halogens is 1. The highest BCUT2D eigenvalue weighted by Gasteiger charge is 1.97. The van der Waals surface area contributed by atoms with Gasteiger partial charge in [0, 0.05) is 5.33 Å². The first-order chi connectivity index (χ1) is 9.38. The second-order valence-corrected chi connectivity index (χ2v) is 5.34. The highest BCUT2D eigenvalue weighted by molar-refractivity contribution is 9.09. The van der Waals surface area contributed by atoms with Crippen molar-refractivity contribution in [3.63, 3.8) is 0 Å². The van der Waals surface area contributed by atoms with Crippen molar-refractivity contribution in [1.82, 2.24) is 0 Å². The van der Waals surface area contributed by atoms with E-state index in [2.05, 4.69) is 64.5 Å². The number of benzene rings is 2. The molecule has 0 aliphatic heterocycles. The van der Waals surface area contributed by atoms with Crippen molar-refractivity contribution in [2.24, 2.45) is 0 Å². The van der Waals surface area contributed by atoms with E-state index in [9.17, 15) is 0 Å². The summed E-state index contributed by atoms with van der Waals surface area (Å²) in [6, 6.07) is 18.9. The number of rotatable bonds is 7. The topological polar surface area (TPSA) is 9.23 Å². The number of hydrogen-bond donors (Lipinski definition) is 0. The maximum Gasteiger partial charge on any atom is 0.119 e. The average Bonchev–Trinajstić information content (AvgIpc) is 2.46. The fourth-order valence-electron chi connectivity index (χ4n) is 1.92. The summed E-state index contributed by atoms with van der Waals surface area (Å²) < 4.78 is 5.69. The minimum Gasteiger partial charge on any atom is -0.494 e. The first-order valence-electron chi connectivity index (χ1n) is 6.70. The third-order valence-electron chi connectivity index (χ3n) is 2.97. The van der Waals surface area contributed by atoms with Crippen molar-refractivity contribution in [3.8, 4) is 5.75 Å². The quantitative estimate of drug-likeness (QED) is 0.524. The third-order valence-corrected chi connectivity index (χ3v) is 3.53. The highest BCUT2D eigenvalue weighted by Crippen LogP contribution is 2.15. The van der Waals surface area contributed by atoms with Crippen molar-refractivity contribution in [2.45, 2.75) is 19.3 Å². The van der Waals surface area contributed by atoms with Gasteiger partial charge in [-0.2, -0.15) is 0 Å². The summed E-state index contributed by atoms with van der Waals surface area (Å²) in [5.41, 5.74) is 2.66. The molecule has 2 aromatic rings. The zero-order valence-electron chi connectivity index (χ0n) is 11.0. The second-order valence-electron chi connectivity index (χ2n) is 4.55. The fraction of sp³-hybridized carbons (Fsp3) is 0.294. The van der Waals surface area contributed by atoms with Crippen LogP contribution in [0.1, 0.15) is 24.0 Å². The number of hydrogen-bond acceptors (Lipinski definition) is 1. The van der Waals surface area contributed by atoms with Gasteiger partial charge in [-0.15, -0.1) is 0 Å². The maximum absolute atomic E-state index is 5.69. The van der Waals surface area contributed by atoms with Crippen LogP contribution in [-0.4, -0.2) is 11.9 Å². The van der Waals surface area contributed by atoms with Crippen molar-refractivity contribution in [2.75, 3.05) is 11.9 Å². The third kappa shape index (κ3) is 5.07. The summed E-state index contributed by atoms with van der Waals surface area (Å²) >= 11 is 3.42. The van der Waals surface area contributed by atoms with E-state index < -0.39 is 0 Å². The van der Waals surface area contributed by atoms with Crippen LogP contribution in [0.4, 0.5) is 0 Å². The normalized spacial score (nSPS) is 10.4. The maximum atomic E-state index is 5.69. The van der Waals surface area contributed by atoms with Crippen LogP contribution in [0.2, 0.25) is 0 Å². The Balaban J connectivity index is 1.84. The largest absolute Gasteiger partial charge is 0.494 e. The van der Waals surface area contributed by atoms with Gasteiger partial charge in [0.05, 0.1) is 6.61 Å². The highest BCUT2D eigenvalue weighted by atomic mass is 79.9. The first-order valence-corrected chi connectivity index (χ1v) is 7.82. The molecule has 0 aliphatic rings. The van der Waals surface area contributed by atoms with Gasteiger partial charge in [0.2, 0.25) is 0 Å². The predicted molar refractivity (Wildman–Crippen MR) is 84.2 cm³/mol. The van der Waals surface area contributed by atoms with Crippen LogP contribution < -0.4 is 4.74 Å². The first kappa shape index (κ1) is 14.1. The zero-order chi connectivity index (χ0) is 13.3. The lowest BCUT2D eigenvalue weighted by Gasteiger charge is -2.07. The summed E-state index contributed by atoms with van der Waals surface area (Å²) in [6.45, 7) is 0.795. The summed E-state index contributed by atoms with van der Waals surface area (Å²) in [7, 11) is 0. The molecule has 2 heteroatoms. The Morgan fingerprint density at radius 2 is 1.47 bits per heavy atom. The molecule has 2 aromatic carbocycles. The van der Waals surface area contributed by atoms with Crippen LogP contribution in [0.15, 0.2) is 54.6 Å². The lowest BCUT2D eigenvalue weighted by molar-refractivity contribution is 0.310. The van der Waals surface area contributed by atoms with Crippen LogP contribution in [-0.2, 0) is 6.42 Å². The van der Waals surface area contributed by atoms with Gasteiger partial charge in [-0.25, -0.2) is 0 Å². The zero-order valence-corrected chi connectivity index (χ0v) is 12.6. The Bertz CT molecular complexity index is 464. The summed E-state index contributed by atoms with van der Waals surface area (Å²) in [6.07, 6.45) is 3.23. The Morgan fingerprint density at radius 3 is 2.16 bits per heavy atom. The Labute approximate surface area is 123 Å². The smallest absolute Gasteiger partial charge is 0.119 e. The lowest BCUT2D eigenvalue weighted by atomic mass is 10.1.